The molecule has 1 heterocycles. The van der Waals surface area contributed by atoms with E-state index in [1.165, 1.54) is 11.8 Å². The maximum absolute atomic E-state index is 12.7. The molecule has 0 unspecified atom stereocenters. The van der Waals surface area contributed by atoms with Crippen LogP contribution in [0.25, 0.3) is 11.3 Å². The van der Waals surface area contributed by atoms with Crippen molar-refractivity contribution < 1.29 is 9.32 Å². The molecule has 0 N–H and O–H groups in total. The van der Waals surface area contributed by atoms with E-state index < -0.39 is 0 Å². The molecule has 3 rings (SSSR count). The number of hydrogen-bond donors (Lipinski definition) is 0. The Morgan fingerprint density at radius 3 is 2.27 bits per heavy atom. The molecule has 3 aromatic rings. The molecular formula is C19H17NO2. The summed E-state index contributed by atoms with van der Waals surface area (Å²) in [5.74, 6) is -0.0729. The van der Waals surface area contributed by atoms with Crippen molar-refractivity contribution in [3.05, 3.63) is 76.5 Å². The molecule has 3 nitrogen and oxygen atoms in total. The number of benzene rings is 2. The molecule has 0 saturated heterocycles. The Bertz CT molecular complexity index is 809. The van der Waals surface area contributed by atoms with Gasteiger partial charge < -0.3 is 4.52 Å². The fourth-order valence-corrected chi connectivity index (χ4v) is 2.88. The van der Waals surface area contributed by atoms with E-state index in [0.717, 1.165) is 16.7 Å². The number of carbonyl (C=O) groups excluding carboxylic acids is 1. The molecule has 0 spiro atoms. The fourth-order valence-electron chi connectivity index (χ4n) is 2.88. The average Bonchev–Trinajstić information content (AvgIpc) is 2.95. The summed E-state index contributed by atoms with van der Waals surface area (Å²) < 4.78 is 5.11. The lowest BCUT2D eigenvalue weighted by molar-refractivity contribution is 0.103. The summed E-state index contributed by atoms with van der Waals surface area (Å²) in [5.41, 5.74) is 6.10. The second kappa shape index (κ2) is 5.60. The van der Waals surface area contributed by atoms with E-state index in [9.17, 15) is 4.79 Å². The molecule has 0 fully saturated rings. The van der Waals surface area contributed by atoms with Crippen LogP contribution in [0.3, 0.4) is 0 Å². The number of rotatable bonds is 3. The number of carbonyl (C=O) groups is 1. The second-order valence-corrected chi connectivity index (χ2v) is 5.55. The molecule has 0 aliphatic carbocycles. The van der Waals surface area contributed by atoms with Crippen LogP contribution in [0.4, 0.5) is 0 Å². The highest BCUT2D eigenvalue weighted by Crippen LogP contribution is 2.31. The van der Waals surface area contributed by atoms with E-state index in [4.69, 9.17) is 4.52 Å². The minimum Gasteiger partial charge on any atom is -0.363 e. The van der Waals surface area contributed by atoms with Gasteiger partial charge in [0.1, 0.15) is 12.0 Å². The fraction of sp³-hybridized carbons (Fsp3) is 0.158. The third-order valence-electron chi connectivity index (χ3n) is 3.76. The Morgan fingerprint density at radius 2 is 1.64 bits per heavy atom. The van der Waals surface area contributed by atoms with E-state index in [1.807, 2.05) is 32.0 Å². The van der Waals surface area contributed by atoms with Crippen LogP contribution in [0, 0.1) is 20.8 Å². The molecular weight excluding hydrogens is 274 g/mol. The first-order chi connectivity index (χ1) is 10.6. The predicted molar refractivity (Wildman–Crippen MR) is 86.0 cm³/mol. The van der Waals surface area contributed by atoms with Crippen LogP contribution in [-0.4, -0.2) is 10.9 Å². The monoisotopic (exact) mass is 291 g/mol. The standard InChI is InChI=1S/C19H17NO2/c1-12-9-13(2)17(14(3)10-12)18-16(11-22-20-18)19(21)15-7-5-4-6-8-15/h4-11H,1-3H3. The summed E-state index contributed by atoms with van der Waals surface area (Å²) >= 11 is 0. The molecule has 110 valence electrons. The Balaban J connectivity index is 2.13. The topological polar surface area (TPSA) is 43.1 Å². The van der Waals surface area contributed by atoms with E-state index in [0.29, 0.717) is 16.8 Å². The first-order valence-electron chi connectivity index (χ1n) is 7.20. The molecule has 2 aromatic carbocycles. The number of nitrogens with zero attached hydrogens (tertiary/aromatic N) is 1. The first-order valence-corrected chi connectivity index (χ1v) is 7.20. The molecule has 0 aliphatic heterocycles. The van der Waals surface area contributed by atoms with Crippen molar-refractivity contribution in [3.63, 3.8) is 0 Å². The quantitative estimate of drug-likeness (QED) is 0.667. The zero-order valence-corrected chi connectivity index (χ0v) is 12.9. The Morgan fingerprint density at radius 1 is 1.00 bits per heavy atom. The summed E-state index contributed by atoms with van der Waals surface area (Å²) in [6.07, 6.45) is 1.43. The van der Waals surface area contributed by atoms with Gasteiger partial charge in [-0.25, -0.2) is 0 Å². The maximum Gasteiger partial charge on any atom is 0.198 e. The largest absolute Gasteiger partial charge is 0.363 e. The minimum absolute atomic E-state index is 0.0729. The van der Waals surface area contributed by atoms with Crippen molar-refractivity contribution in [3.8, 4) is 11.3 Å². The lowest BCUT2D eigenvalue weighted by Crippen LogP contribution is -2.03. The van der Waals surface area contributed by atoms with Crippen LogP contribution in [0.2, 0.25) is 0 Å². The summed E-state index contributed by atoms with van der Waals surface area (Å²) in [6, 6.07) is 13.4. The SMILES string of the molecule is Cc1cc(C)c(-c2nocc2C(=O)c2ccccc2)c(C)c1. The van der Waals surface area contributed by atoms with E-state index >= 15 is 0 Å². The highest BCUT2D eigenvalue weighted by molar-refractivity contribution is 6.12. The summed E-state index contributed by atoms with van der Waals surface area (Å²) in [6.45, 7) is 6.12. The van der Waals surface area contributed by atoms with Crippen molar-refractivity contribution in [2.45, 2.75) is 20.8 Å². The molecule has 1 aromatic heterocycles. The normalized spacial score (nSPS) is 10.7. The lowest BCUT2D eigenvalue weighted by atomic mass is 9.93. The van der Waals surface area contributed by atoms with Gasteiger partial charge >= 0.3 is 0 Å². The van der Waals surface area contributed by atoms with Crippen LogP contribution >= 0.6 is 0 Å². The highest BCUT2D eigenvalue weighted by Gasteiger charge is 2.21. The van der Waals surface area contributed by atoms with Crippen molar-refractivity contribution in [2.24, 2.45) is 0 Å². The summed E-state index contributed by atoms with van der Waals surface area (Å²) in [7, 11) is 0. The maximum atomic E-state index is 12.7. The minimum atomic E-state index is -0.0729. The molecule has 0 radical (unpaired) electrons. The zero-order valence-electron chi connectivity index (χ0n) is 12.9. The first kappa shape index (κ1) is 14.3. The number of hydrogen-bond acceptors (Lipinski definition) is 3. The molecule has 0 atom stereocenters. The zero-order chi connectivity index (χ0) is 15.7. The highest BCUT2D eigenvalue weighted by atomic mass is 16.5. The van der Waals surface area contributed by atoms with Gasteiger partial charge in [-0.05, 0) is 31.9 Å². The molecule has 0 amide bonds. The van der Waals surface area contributed by atoms with Gasteiger partial charge in [-0.15, -0.1) is 0 Å². The van der Waals surface area contributed by atoms with E-state index in [2.05, 4.69) is 24.2 Å². The molecule has 0 saturated carbocycles. The summed E-state index contributed by atoms with van der Waals surface area (Å²) in [4.78, 5) is 12.7. The Labute approximate surface area is 129 Å². The number of aromatic nitrogens is 1. The molecule has 22 heavy (non-hydrogen) atoms. The van der Waals surface area contributed by atoms with Gasteiger partial charge in [-0.2, -0.15) is 0 Å². The predicted octanol–water partition coefficient (Wildman–Crippen LogP) is 4.50. The van der Waals surface area contributed by atoms with Crippen molar-refractivity contribution >= 4 is 5.78 Å². The van der Waals surface area contributed by atoms with Crippen LogP contribution in [-0.2, 0) is 0 Å². The van der Waals surface area contributed by atoms with E-state index in [-0.39, 0.29) is 5.78 Å². The molecule has 3 heteroatoms. The van der Waals surface area contributed by atoms with Crippen molar-refractivity contribution in [2.75, 3.05) is 0 Å². The van der Waals surface area contributed by atoms with Gasteiger partial charge in [0.25, 0.3) is 0 Å². The lowest BCUT2D eigenvalue weighted by Gasteiger charge is -2.10. The average molecular weight is 291 g/mol. The number of aryl methyl sites for hydroxylation is 3. The number of ketones is 1. The Kier molecular flexibility index (Phi) is 3.63. The summed E-state index contributed by atoms with van der Waals surface area (Å²) in [5, 5.41) is 4.09. The van der Waals surface area contributed by atoms with Crippen molar-refractivity contribution in [1.82, 2.24) is 5.16 Å². The van der Waals surface area contributed by atoms with Crippen LogP contribution in [0.1, 0.15) is 32.6 Å². The smallest absolute Gasteiger partial charge is 0.198 e. The van der Waals surface area contributed by atoms with Gasteiger partial charge in [-0.3, -0.25) is 4.79 Å². The van der Waals surface area contributed by atoms with Gasteiger partial charge in [0, 0.05) is 11.1 Å². The molecule has 0 aliphatic rings. The third-order valence-corrected chi connectivity index (χ3v) is 3.76. The van der Waals surface area contributed by atoms with Gasteiger partial charge in [0.05, 0.1) is 5.56 Å². The van der Waals surface area contributed by atoms with Crippen LogP contribution in [0.5, 0.6) is 0 Å². The second-order valence-electron chi connectivity index (χ2n) is 5.55. The Hall–Kier alpha value is -2.68. The van der Waals surface area contributed by atoms with Gasteiger partial charge in [-0.1, -0.05) is 53.2 Å². The third kappa shape index (κ3) is 2.46. The molecule has 0 bridgehead atoms. The van der Waals surface area contributed by atoms with Gasteiger partial charge in [0.2, 0.25) is 0 Å². The van der Waals surface area contributed by atoms with Crippen LogP contribution in [0.15, 0.2) is 53.3 Å². The van der Waals surface area contributed by atoms with Gasteiger partial charge in [0.15, 0.2) is 5.78 Å². The van der Waals surface area contributed by atoms with Crippen LogP contribution < -0.4 is 0 Å². The van der Waals surface area contributed by atoms with E-state index in [1.54, 1.807) is 12.1 Å². The van der Waals surface area contributed by atoms with Crippen molar-refractivity contribution in [1.29, 1.82) is 0 Å².